The van der Waals surface area contributed by atoms with E-state index in [4.69, 9.17) is 9.47 Å². The molecule has 0 aromatic heterocycles. The van der Waals surface area contributed by atoms with Gasteiger partial charge in [-0.25, -0.2) is 0 Å². The van der Waals surface area contributed by atoms with E-state index < -0.39 is 52.4 Å². The third-order valence-corrected chi connectivity index (χ3v) is 7.14. The SMILES string of the molecule is CCC(Oc1ccc(C)cc1C)C(=O)Nc1ccc(OC)c(NC(=O)C(C(=O)C(C)(C)C)N2C(=O)CC(C)(C)C2=O)c1. The zero-order valence-corrected chi connectivity index (χ0v) is 25.8. The third kappa shape index (κ3) is 6.98. The fraction of sp³-hybridized carbons (Fsp3) is 0.469. The summed E-state index contributed by atoms with van der Waals surface area (Å²) in [7, 11) is 1.40. The number of carbonyl (C=O) groups excluding carboxylic acids is 5. The molecule has 2 aromatic rings. The van der Waals surface area contributed by atoms with Crippen LogP contribution in [0.2, 0.25) is 0 Å². The first-order valence-corrected chi connectivity index (χ1v) is 13.9. The number of ketones is 1. The molecular weight excluding hydrogens is 538 g/mol. The zero-order chi connectivity index (χ0) is 31.6. The molecule has 4 amide bonds. The smallest absolute Gasteiger partial charge is 0.265 e. The number of nitrogens with one attached hydrogen (secondary N) is 2. The summed E-state index contributed by atoms with van der Waals surface area (Å²) in [4.78, 5) is 67.0. The van der Waals surface area contributed by atoms with Crippen LogP contribution < -0.4 is 20.1 Å². The van der Waals surface area contributed by atoms with E-state index in [-0.39, 0.29) is 17.9 Å². The number of methoxy groups -OCH3 is 1. The molecule has 1 saturated heterocycles. The van der Waals surface area contributed by atoms with Crippen LogP contribution in [0.4, 0.5) is 11.4 Å². The molecule has 10 nitrogen and oxygen atoms in total. The molecule has 1 heterocycles. The van der Waals surface area contributed by atoms with Crippen molar-refractivity contribution in [3.05, 3.63) is 47.5 Å². The van der Waals surface area contributed by atoms with Crippen molar-refractivity contribution >= 4 is 40.8 Å². The van der Waals surface area contributed by atoms with E-state index in [0.29, 0.717) is 17.9 Å². The first-order chi connectivity index (χ1) is 19.5. The predicted octanol–water partition coefficient (Wildman–Crippen LogP) is 4.82. The number of rotatable bonds is 10. The Morgan fingerprint density at radius 1 is 0.976 bits per heavy atom. The maximum absolute atomic E-state index is 13.7. The Hall–Kier alpha value is -4.21. The Balaban J connectivity index is 1.88. The highest BCUT2D eigenvalue weighted by Crippen LogP contribution is 2.36. The molecule has 0 spiro atoms. The minimum absolute atomic E-state index is 0.110. The van der Waals surface area contributed by atoms with Gasteiger partial charge in [-0.1, -0.05) is 59.2 Å². The number of hydrogen-bond donors (Lipinski definition) is 2. The van der Waals surface area contributed by atoms with E-state index in [9.17, 15) is 24.0 Å². The largest absolute Gasteiger partial charge is 0.495 e. The highest BCUT2D eigenvalue weighted by Gasteiger charge is 2.53. The Kier molecular flexibility index (Phi) is 9.49. The minimum Gasteiger partial charge on any atom is -0.495 e. The summed E-state index contributed by atoms with van der Waals surface area (Å²) in [6.07, 6.45) is -0.486. The van der Waals surface area contributed by atoms with Crippen molar-refractivity contribution in [2.24, 2.45) is 10.8 Å². The van der Waals surface area contributed by atoms with Crippen LogP contribution in [0.1, 0.15) is 65.5 Å². The predicted molar refractivity (Wildman–Crippen MR) is 159 cm³/mol. The van der Waals surface area contributed by atoms with Crippen LogP contribution >= 0.6 is 0 Å². The maximum atomic E-state index is 13.7. The van der Waals surface area contributed by atoms with Gasteiger partial charge in [0.05, 0.1) is 18.2 Å². The normalized spacial score (nSPS) is 16.1. The molecule has 2 atom stereocenters. The summed E-state index contributed by atoms with van der Waals surface area (Å²) in [5.41, 5.74) is 0.415. The lowest BCUT2D eigenvalue weighted by Crippen LogP contribution is -2.55. The molecule has 10 heteroatoms. The average Bonchev–Trinajstić information content (AvgIpc) is 3.09. The van der Waals surface area contributed by atoms with Crippen molar-refractivity contribution < 1.29 is 33.4 Å². The van der Waals surface area contributed by atoms with E-state index in [1.54, 1.807) is 46.8 Å². The van der Waals surface area contributed by atoms with Gasteiger partial charge in [0.1, 0.15) is 11.5 Å². The van der Waals surface area contributed by atoms with Crippen LogP contribution in [0, 0.1) is 24.7 Å². The summed E-state index contributed by atoms with van der Waals surface area (Å²) in [5.74, 6) is -2.16. The second-order valence-electron chi connectivity index (χ2n) is 12.3. The first kappa shape index (κ1) is 32.3. The number of imide groups is 1. The zero-order valence-electron chi connectivity index (χ0n) is 25.8. The van der Waals surface area contributed by atoms with E-state index >= 15 is 0 Å². The summed E-state index contributed by atoms with van der Waals surface area (Å²) >= 11 is 0. The van der Waals surface area contributed by atoms with Gasteiger partial charge >= 0.3 is 0 Å². The van der Waals surface area contributed by atoms with Crippen molar-refractivity contribution in [2.45, 2.75) is 80.4 Å². The number of amides is 4. The third-order valence-electron chi connectivity index (χ3n) is 7.14. The van der Waals surface area contributed by atoms with Crippen LogP contribution in [-0.2, 0) is 24.0 Å². The Bertz CT molecular complexity index is 1410. The Labute approximate surface area is 247 Å². The number of likely N-dealkylation sites (tertiary alicyclic amines) is 1. The van der Waals surface area contributed by atoms with Crippen molar-refractivity contribution in [1.82, 2.24) is 4.90 Å². The summed E-state index contributed by atoms with van der Waals surface area (Å²) < 4.78 is 11.4. The quantitative estimate of drug-likeness (QED) is 0.305. The molecule has 1 aliphatic rings. The molecule has 2 aromatic carbocycles. The lowest BCUT2D eigenvalue weighted by Gasteiger charge is -2.30. The van der Waals surface area contributed by atoms with Gasteiger partial charge in [0.15, 0.2) is 17.9 Å². The number of anilines is 2. The Morgan fingerprint density at radius 2 is 1.62 bits per heavy atom. The van der Waals surface area contributed by atoms with E-state index in [0.717, 1.165) is 16.0 Å². The van der Waals surface area contributed by atoms with Gasteiger partial charge in [-0.05, 0) is 50.1 Å². The number of aryl methyl sites for hydroxylation is 2. The first-order valence-electron chi connectivity index (χ1n) is 13.9. The van der Waals surface area contributed by atoms with E-state index in [2.05, 4.69) is 10.6 Å². The van der Waals surface area contributed by atoms with Crippen LogP contribution in [0.5, 0.6) is 11.5 Å². The number of ether oxygens (including phenoxy) is 2. The highest BCUT2D eigenvalue weighted by molar-refractivity contribution is 6.20. The minimum atomic E-state index is -1.68. The highest BCUT2D eigenvalue weighted by atomic mass is 16.5. The molecule has 0 radical (unpaired) electrons. The molecule has 0 aliphatic carbocycles. The molecule has 42 heavy (non-hydrogen) atoms. The topological polar surface area (TPSA) is 131 Å². The molecule has 0 bridgehead atoms. The number of benzene rings is 2. The summed E-state index contributed by atoms with van der Waals surface area (Å²) in [6, 6.07) is 8.66. The monoisotopic (exact) mass is 579 g/mol. The van der Waals surface area contributed by atoms with Gasteiger partial charge in [-0.15, -0.1) is 0 Å². The molecule has 3 rings (SSSR count). The summed E-state index contributed by atoms with van der Waals surface area (Å²) in [6.45, 7) is 13.8. The Morgan fingerprint density at radius 3 is 2.14 bits per heavy atom. The molecule has 1 aliphatic heterocycles. The standard InChI is InChI=1S/C32H41N3O7/c1-10-22(42-23-13-11-18(2)15-19(23)3)28(38)33-20-12-14-24(41-9)21(16-20)34-29(39)26(27(37)31(4,5)6)35-25(36)17-32(7,8)30(35)40/h11-16,22,26H,10,17H2,1-9H3,(H,33,38)(H,34,39). The molecule has 2 unspecified atom stereocenters. The van der Waals surface area contributed by atoms with Crippen LogP contribution in [0.3, 0.4) is 0 Å². The fourth-order valence-electron chi connectivity index (χ4n) is 4.72. The number of Topliss-reactive ketones (excluding diaryl/α,β-unsaturated/α-hetero) is 1. The van der Waals surface area contributed by atoms with E-state index in [1.165, 1.54) is 13.2 Å². The van der Waals surface area contributed by atoms with Crippen molar-refractivity contribution in [1.29, 1.82) is 0 Å². The molecule has 226 valence electrons. The molecular formula is C32H41N3O7. The number of nitrogens with zero attached hydrogens (tertiary/aromatic N) is 1. The van der Waals surface area contributed by atoms with Crippen LogP contribution in [0.15, 0.2) is 36.4 Å². The van der Waals surface area contributed by atoms with Gasteiger partial charge in [0.25, 0.3) is 11.8 Å². The fourth-order valence-corrected chi connectivity index (χ4v) is 4.72. The molecule has 0 saturated carbocycles. The number of carbonyl (C=O) groups is 5. The maximum Gasteiger partial charge on any atom is 0.265 e. The van der Waals surface area contributed by atoms with Crippen LogP contribution in [-0.4, -0.2) is 53.6 Å². The van der Waals surface area contributed by atoms with Crippen molar-refractivity contribution in [2.75, 3.05) is 17.7 Å². The van der Waals surface area contributed by atoms with Gasteiger partial charge in [0, 0.05) is 17.5 Å². The molecule has 2 N–H and O–H groups in total. The van der Waals surface area contributed by atoms with E-state index in [1.807, 2.05) is 39.0 Å². The van der Waals surface area contributed by atoms with Crippen molar-refractivity contribution in [3.63, 3.8) is 0 Å². The van der Waals surface area contributed by atoms with Gasteiger partial charge in [-0.3, -0.25) is 28.9 Å². The van der Waals surface area contributed by atoms with Gasteiger partial charge < -0.3 is 20.1 Å². The lowest BCUT2D eigenvalue weighted by atomic mass is 9.85. The van der Waals surface area contributed by atoms with Crippen molar-refractivity contribution in [3.8, 4) is 11.5 Å². The molecule has 1 fully saturated rings. The number of hydrogen-bond acceptors (Lipinski definition) is 7. The second-order valence-corrected chi connectivity index (χ2v) is 12.3. The second kappa shape index (κ2) is 12.3. The van der Waals surface area contributed by atoms with Crippen LogP contribution in [0.25, 0.3) is 0 Å². The lowest BCUT2D eigenvalue weighted by molar-refractivity contribution is -0.153. The van der Waals surface area contributed by atoms with Gasteiger partial charge in [-0.2, -0.15) is 0 Å². The van der Waals surface area contributed by atoms with Gasteiger partial charge in [0.2, 0.25) is 11.8 Å². The summed E-state index contributed by atoms with van der Waals surface area (Å²) in [5, 5.41) is 5.46. The average molecular weight is 580 g/mol.